The SMILES string of the molecule is CCCCOc1ccc(CCNC(=O)c2scnc2C)cc1. The number of nitrogens with one attached hydrogen (secondary N) is 1. The lowest BCUT2D eigenvalue weighted by atomic mass is 10.1. The lowest BCUT2D eigenvalue weighted by Gasteiger charge is -2.07. The van der Waals surface area contributed by atoms with Gasteiger partial charge < -0.3 is 10.1 Å². The first-order valence-electron chi connectivity index (χ1n) is 7.60. The zero-order valence-corrected chi connectivity index (χ0v) is 13.9. The number of hydrogen-bond acceptors (Lipinski definition) is 4. The first-order valence-corrected chi connectivity index (χ1v) is 8.48. The summed E-state index contributed by atoms with van der Waals surface area (Å²) in [4.78, 5) is 16.7. The van der Waals surface area contributed by atoms with Crippen LogP contribution in [-0.4, -0.2) is 24.0 Å². The third kappa shape index (κ3) is 4.84. The topological polar surface area (TPSA) is 51.2 Å². The number of aromatic nitrogens is 1. The molecule has 1 heterocycles. The molecule has 1 N–H and O–H groups in total. The summed E-state index contributed by atoms with van der Waals surface area (Å²) in [6.07, 6.45) is 3.01. The summed E-state index contributed by atoms with van der Waals surface area (Å²) in [5.74, 6) is 0.862. The number of thiazole rings is 1. The molecule has 0 atom stereocenters. The molecule has 0 aliphatic heterocycles. The average molecular weight is 318 g/mol. The molecule has 22 heavy (non-hydrogen) atoms. The van der Waals surface area contributed by atoms with Crippen molar-refractivity contribution in [1.29, 1.82) is 0 Å². The van der Waals surface area contributed by atoms with Crippen LogP contribution in [0.1, 0.15) is 40.7 Å². The van der Waals surface area contributed by atoms with E-state index in [0.717, 1.165) is 37.3 Å². The normalized spacial score (nSPS) is 10.5. The number of unbranched alkanes of at least 4 members (excludes halogenated alkanes) is 1. The molecule has 1 aromatic heterocycles. The number of aryl methyl sites for hydroxylation is 1. The Labute approximate surface area is 135 Å². The Bertz CT molecular complexity index is 593. The molecule has 0 saturated heterocycles. The molecule has 0 radical (unpaired) electrons. The van der Waals surface area contributed by atoms with Crippen molar-refractivity contribution in [3.63, 3.8) is 0 Å². The van der Waals surface area contributed by atoms with Gasteiger partial charge in [-0.2, -0.15) is 0 Å². The largest absolute Gasteiger partial charge is 0.494 e. The summed E-state index contributed by atoms with van der Waals surface area (Å²) in [6, 6.07) is 8.07. The van der Waals surface area contributed by atoms with Crippen LogP contribution < -0.4 is 10.1 Å². The van der Waals surface area contributed by atoms with Crippen molar-refractivity contribution in [2.75, 3.05) is 13.2 Å². The highest BCUT2D eigenvalue weighted by Crippen LogP contribution is 2.14. The molecule has 2 aromatic rings. The molecule has 5 heteroatoms. The van der Waals surface area contributed by atoms with E-state index >= 15 is 0 Å². The van der Waals surface area contributed by atoms with Crippen LogP contribution in [0.2, 0.25) is 0 Å². The van der Waals surface area contributed by atoms with Crippen molar-refractivity contribution < 1.29 is 9.53 Å². The molecule has 4 nitrogen and oxygen atoms in total. The number of nitrogens with zero attached hydrogens (tertiary/aromatic N) is 1. The fourth-order valence-corrected chi connectivity index (χ4v) is 2.73. The van der Waals surface area contributed by atoms with Gasteiger partial charge in [-0.3, -0.25) is 4.79 Å². The standard InChI is InChI=1S/C17H22N2O2S/c1-3-4-11-21-15-7-5-14(6-8-15)9-10-18-17(20)16-13(2)19-12-22-16/h5-8,12H,3-4,9-11H2,1-2H3,(H,18,20). The molecule has 1 amide bonds. The zero-order valence-electron chi connectivity index (χ0n) is 13.1. The molecule has 0 bridgehead atoms. The number of amides is 1. The van der Waals surface area contributed by atoms with Crippen LogP contribution >= 0.6 is 11.3 Å². The van der Waals surface area contributed by atoms with Crippen LogP contribution in [0.25, 0.3) is 0 Å². The average Bonchev–Trinajstić information content (AvgIpc) is 2.95. The number of carbonyl (C=O) groups is 1. The van der Waals surface area contributed by atoms with Crippen LogP contribution in [-0.2, 0) is 6.42 Å². The van der Waals surface area contributed by atoms with Crippen molar-refractivity contribution in [3.05, 3.63) is 45.9 Å². The van der Waals surface area contributed by atoms with Crippen molar-refractivity contribution >= 4 is 17.2 Å². The maximum atomic E-state index is 12.0. The summed E-state index contributed by atoms with van der Waals surface area (Å²) in [7, 11) is 0. The molecule has 0 unspecified atom stereocenters. The van der Waals surface area contributed by atoms with E-state index in [2.05, 4.69) is 17.2 Å². The number of benzene rings is 1. The minimum Gasteiger partial charge on any atom is -0.494 e. The summed E-state index contributed by atoms with van der Waals surface area (Å²) in [5, 5.41) is 2.93. The molecule has 0 aliphatic rings. The molecule has 0 aliphatic carbocycles. The molecular weight excluding hydrogens is 296 g/mol. The van der Waals surface area contributed by atoms with E-state index in [1.54, 1.807) is 5.51 Å². The van der Waals surface area contributed by atoms with Crippen molar-refractivity contribution in [1.82, 2.24) is 10.3 Å². The van der Waals surface area contributed by atoms with Gasteiger partial charge in [0.05, 0.1) is 17.8 Å². The van der Waals surface area contributed by atoms with Gasteiger partial charge >= 0.3 is 0 Å². The van der Waals surface area contributed by atoms with Crippen LogP contribution in [0.15, 0.2) is 29.8 Å². The molecule has 0 saturated carbocycles. The van der Waals surface area contributed by atoms with Gasteiger partial charge in [0.1, 0.15) is 10.6 Å². The highest BCUT2D eigenvalue weighted by Gasteiger charge is 2.10. The third-order valence-electron chi connectivity index (χ3n) is 3.34. The summed E-state index contributed by atoms with van der Waals surface area (Å²) < 4.78 is 5.63. The van der Waals surface area contributed by atoms with E-state index in [1.165, 1.54) is 16.9 Å². The Kier molecular flexibility index (Phi) is 6.40. The fourth-order valence-electron chi connectivity index (χ4n) is 2.01. The van der Waals surface area contributed by atoms with E-state index in [4.69, 9.17) is 4.74 Å². The highest BCUT2D eigenvalue weighted by atomic mass is 32.1. The van der Waals surface area contributed by atoms with Crippen LogP contribution in [0.4, 0.5) is 0 Å². The van der Waals surface area contributed by atoms with E-state index in [9.17, 15) is 4.79 Å². The summed E-state index contributed by atoms with van der Waals surface area (Å²) in [6.45, 7) is 5.38. The second kappa shape index (κ2) is 8.54. The maximum Gasteiger partial charge on any atom is 0.263 e. The Morgan fingerprint density at radius 3 is 2.73 bits per heavy atom. The predicted octanol–water partition coefficient (Wildman–Crippen LogP) is 3.60. The van der Waals surface area contributed by atoms with Crippen LogP contribution in [0.5, 0.6) is 5.75 Å². The van der Waals surface area contributed by atoms with Gasteiger partial charge in [-0.15, -0.1) is 11.3 Å². The zero-order chi connectivity index (χ0) is 15.8. The monoisotopic (exact) mass is 318 g/mol. The van der Waals surface area contributed by atoms with Crippen LogP contribution in [0.3, 0.4) is 0 Å². The lowest BCUT2D eigenvalue weighted by molar-refractivity contribution is 0.0957. The van der Waals surface area contributed by atoms with Gasteiger partial charge in [-0.05, 0) is 37.5 Å². The minimum absolute atomic E-state index is 0.0421. The van der Waals surface area contributed by atoms with Crippen molar-refractivity contribution in [3.8, 4) is 5.75 Å². The Balaban J connectivity index is 1.75. The first-order chi connectivity index (χ1) is 10.7. The quantitative estimate of drug-likeness (QED) is 0.757. The van der Waals surface area contributed by atoms with Gasteiger partial charge in [0, 0.05) is 6.54 Å². The van der Waals surface area contributed by atoms with Crippen LogP contribution in [0, 0.1) is 6.92 Å². The van der Waals surface area contributed by atoms with Gasteiger partial charge in [0.25, 0.3) is 5.91 Å². The van der Waals surface area contributed by atoms with Gasteiger partial charge in [0.2, 0.25) is 0 Å². The predicted molar refractivity (Wildman–Crippen MR) is 89.7 cm³/mol. The molecule has 118 valence electrons. The van der Waals surface area contributed by atoms with Gasteiger partial charge in [0.15, 0.2) is 0 Å². The number of rotatable bonds is 8. The smallest absolute Gasteiger partial charge is 0.263 e. The fraction of sp³-hybridized carbons (Fsp3) is 0.412. The molecule has 2 rings (SSSR count). The molecular formula is C17H22N2O2S. The Morgan fingerprint density at radius 1 is 1.32 bits per heavy atom. The Hall–Kier alpha value is -1.88. The Morgan fingerprint density at radius 2 is 2.09 bits per heavy atom. The second-order valence-corrected chi connectivity index (χ2v) is 5.97. The van der Waals surface area contributed by atoms with E-state index < -0.39 is 0 Å². The summed E-state index contributed by atoms with van der Waals surface area (Å²) in [5.41, 5.74) is 3.67. The number of hydrogen-bond donors (Lipinski definition) is 1. The lowest BCUT2D eigenvalue weighted by Crippen LogP contribution is -2.25. The van der Waals surface area contributed by atoms with E-state index in [1.807, 2.05) is 31.2 Å². The highest BCUT2D eigenvalue weighted by molar-refractivity contribution is 7.11. The maximum absolute atomic E-state index is 12.0. The number of ether oxygens (including phenoxy) is 1. The van der Waals surface area contributed by atoms with Crippen molar-refractivity contribution in [2.24, 2.45) is 0 Å². The molecule has 0 spiro atoms. The van der Waals surface area contributed by atoms with E-state index in [0.29, 0.717) is 11.4 Å². The van der Waals surface area contributed by atoms with E-state index in [-0.39, 0.29) is 5.91 Å². The summed E-state index contributed by atoms with van der Waals surface area (Å²) >= 11 is 1.38. The third-order valence-corrected chi connectivity index (χ3v) is 4.27. The molecule has 1 aromatic carbocycles. The first kappa shape index (κ1) is 16.5. The molecule has 0 fully saturated rings. The number of carbonyl (C=O) groups excluding carboxylic acids is 1. The van der Waals surface area contributed by atoms with Crippen molar-refractivity contribution in [2.45, 2.75) is 33.1 Å². The van der Waals surface area contributed by atoms with Gasteiger partial charge in [-0.25, -0.2) is 4.98 Å². The van der Waals surface area contributed by atoms with Gasteiger partial charge in [-0.1, -0.05) is 25.5 Å². The second-order valence-electron chi connectivity index (χ2n) is 5.12. The minimum atomic E-state index is -0.0421.